The van der Waals surface area contributed by atoms with Gasteiger partial charge in [0.25, 0.3) is 0 Å². The largest absolute Gasteiger partial charge is 0.199 e. The molecule has 0 saturated heterocycles. The Morgan fingerprint density at radius 1 is 1.17 bits per heavy atom. The van der Waals surface area contributed by atoms with E-state index in [4.69, 9.17) is 0 Å². The van der Waals surface area contributed by atoms with Gasteiger partial charge in [-0.25, -0.2) is 0 Å². The maximum absolute atomic E-state index is 3.61. The smallest absolute Gasteiger partial charge is 0.174 e. The lowest BCUT2D eigenvalue weighted by molar-refractivity contribution is -0.756. The van der Waals surface area contributed by atoms with E-state index in [2.05, 4.69) is 65.8 Å². The number of alkyl halides is 1. The highest BCUT2D eigenvalue weighted by Gasteiger charge is 2.32. The van der Waals surface area contributed by atoms with Crippen LogP contribution < -0.4 is 4.57 Å². The molecule has 2 heteroatoms. The molecule has 0 N–H and O–H groups in total. The molecular formula is C10H15BrN+. The van der Waals surface area contributed by atoms with Crippen molar-refractivity contribution in [3.8, 4) is 0 Å². The summed E-state index contributed by atoms with van der Waals surface area (Å²) in [4.78, 5) is 0.456. The summed E-state index contributed by atoms with van der Waals surface area (Å²) in [7, 11) is 0. The van der Waals surface area contributed by atoms with E-state index in [1.165, 1.54) is 0 Å². The Hall–Kier alpha value is -0.370. The molecule has 1 aromatic rings. The third kappa shape index (κ3) is 1.86. The Kier molecular flexibility index (Phi) is 2.89. The second-order valence-corrected chi connectivity index (χ2v) is 4.93. The van der Waals surface area contributed by atoms with Crippen molar-refractivity contribution in [1.82, 2.24) is 0 Å². The Bertz CT molecular complexity index is 241. The molecule has 1 atom stereocenters. The highest BCUT2D eigenvalue weighted by molar-refractivity contribution is 9.09. The highest BCUT2D eigenvalue weighted by Crippen LogP contribution is 2.18. The van der Waals surface area contributed by atoms with E-state index < -0.39 is 0 Å². The van der Waals surface area contributed by atoms with Crippen LogP contribution in [0.2, 0.25) is 0 Å². The Labute approximate surface area is 82.6 Å². The number of hydrogen-bond donors (Lipinski definition) is 0. The normalized spacial score (nSPS) is 14.3. The molecule has 0 radical (unpaired) electrons. The molecule has 0 bridgehead atoms. The first-order chi connectivity index (χ1) is 5.55. The summed E-state index contributed by atoms with van der Waals surface area (Å²) in [6.45, 7) is 6.60. The van der Waals surface area contributed by atoms with E-state index in [0.717, 1.165) is 0 Å². The van der Waals surface area contributed by atoms with E-state index in [0.29, 0.717) is 4.83 Å². The van der Waals surface area contributed by atoms with Gasteiger partial charge >= 0.3 is 0 Å². The molecule has 1 nitrogen and oxygen atoms in total. The SMILES string of the molecule is C[C@H](Br)C(C)(C)[n+]1ccccc1. The van der Waals surface area contributed by atoms with Crippen LogP contribution in [0.15, 0.2) is 30.6 Å². The van der Waals surface area contributed by atoms with Gasteiger partial charge in [0.15, 0.2) is 17.9 Å². The molecule has 0 spiro atoms. The molecule has 0 aliphatic heterocycles. The van der Waals surface area contributed by atoms with Crippen LogP contribution in [0, 0.1) is 0 Å². The first kappa shape index (κ1) is 9.72. The van der Waals surface area contributed by atoms with Gasteiger partial charge in [0.1, 0.15) is 0 Å². The molecule has 0 aliphatic rings. The van der Waals surface area contributed by atoms with Crippen LogP contribution in [0.1, 0.15) is 20.8 Å². The first-order valence-corrected chi connectivity index (χ1v) is 5.07. The van der Waals surface area contributed by atoms with Gasteiger partial charge in [-0.1, -0.05) is 22.0 Å². The van der Waals surface area contributed by atoms with Crippen molar-refractivity contribution in [2.75, 3.05) is 0 Å². The average molecular weight is 229 g/mol. The topological polar surface area (TPSA) is 3.88 Å². The van der Waals surface area contributed by atoms with Gasteiger partial charge in [-0.15, -0.1) is 0 Å². The van der Waals surface area contributed by atoms with Crippen LogP contribution in [-0.2, 0) is 5.54 Å². The van der Waals surface area contributed by atoms with Crippen LogP contribution in [0.5, 0.6) is 0 Å². The molecule has 12 heavy (non-hydrogen) atoms. The van der Waals surface area contributed by atoms with E-state index >= 15 is 0 Å². The van der Waals surface area contributed by atoms with Gasteiger partial charge < -0.3 is 0 Å². The summed E-state index contributed by atoms with van der Waals surface area (Å²) >= 11 is 3.61. The van der Waals surface area contributed by atoms with Gasteiger partial charge in [0, 0.05) is 26.0 Å². The van der Waals surface area contributed by atoms with Crippen LogP contribution in [0.4, 0.5) is 0 Å². The van der Waals surface area contributed by atoms with Crippen molar-refractivity contribution in [1.29, 1.82) is 0 Å². The second-order valence-electron chi connectivity index (χ2n) is 3.55. The number of pyridine rings is 1. The minimum Gasteiger partial charge on any atom is -0.199 e. The van der Waals surface area contributed by atoms with Gasteiger partial charge in [0.05, 0.1) is 4.83 Å². The monoisotopic (exact) mass is 228 g/mol. The van der Waals surface area contributed by atoms with Crippen LogP contribution in [0.3, 0.4) is 0 Å². The third-order valence-corrected chi connectivity index (χ3v) is 3.47. The fourth-order valence-corrected chi connectivity index (χ4v) is 1.22. The minimum absolute atomic E-state index is 0.126. The zero-order valence-electron chi connectivity index (χ0n) is 7.79. The average Bonchev–Trinajstić information content (AvgIpc) is 2.06. The van der Waals surface area contributed by atoms with Gasteiger partial charge in [-0.3, -0.25) is 0 Å². The molecule has 66 valence electrons. The van der Waals surface area contributed by atoms with Gasteiger partial charge in [-0.05, 0) is 6.92 Å². The zero-order valence-corrected chi connectivity index (χ0v) is 9.38. The van der Waals surface area contributed by atoms with Gasteiger partial charge in [0.2, 0.25) is 0 Å². The summed E-state index contributed by atoms with van der Waals surface area (Å²) in [5, 5.41) is 0. The number of aromatic nitrogens is 1. The Morgan fingerprint density at radius 2 is 1.67 bits per heavy atom. The summed E-state index contributed by atoms with van der Waals surface area (Å²) in [6, 6.07) is 6.14. The predicted molar refractivity (Wildman–Crippen MR) is 54.3 cm³/mol. The predicted octanol–water partition coefficient (Wildman–Crippen LogP) is 2.49. The molecule has 0 aliphatic carbocycles. The fraction of sp³-hybridized carbons (Fsp3) is 0.500. The van der Waals surface area contributed by atoms with E-state index in [1.54, 1.807) is 0 Å². The standard InChI is InChI=1S/C10H15BrN/c1-9(11)10(2,3)12-7-5-4-6-8-12/h4-9H,1-3H3/q+1/t9-/m0/s1. The van der Waals surface area contributed by atoms with Crippen molar-refractivity contribution in [3.05, 3.63) is 30.6 Å². The summed E-state index contributed by atoms with van der Waals surface area (Å²) in [5.74, 6) is 0. The lowest BCUT2D eigenvalue weighted by atomic mass is 10.0. The Morgan fingerprint density at radius 3 is 2.08 bits per heavy atom. The maximum Gasteiger partial charge on any atom is 0.174 e. The Balaban J connectivity index is 2.98. The molecular weight excluding hydrogens is 214 g/mol. The quantitative estimate of drug-likeness (QED) is 0.542. The zero-order chi connectivity index (χ0) is 9.19. The molecule has 0 amide bonds. The van der Waals surface area contributed by atoms with Crippen molar-refractivity contribution in [2.24, 2.45) is 0 Å². The highest BCUT2D eigenvalue weighted by atomic mass is 79.9. The lowest BCUT2D eigenvalue weighted by Gasteiger charge is -2.21. The second kappa shape index (κ2) is 3.56. The van der Waals surface area contributed by atoms with E-state index in [1.807, 2.05) is 6.07 Å². The fourth-order valence-electron chi connectivity index (χ4n) is 0.988. The van der Waals surface area contributed by atoms with Crippen LogP contribution in [0.25, 0.3) is 0 Å². The summed E-state index contributed by atoms with van der Waals surface area (Å²) in [6.07, 6.45) is 4.19. The number of hydrogen-bond acceptors (Lipinski definition) is 0. The number of halogens is 1. The van der Waals surface area contributed by atoms with Crippen molar-refractivity contribution >= 4 is 15.9 Å². The van der Waals surface area contributed by atoms with Crippen LogP contribution >= 0.6 is 15.9 Å². The minimum atomic E-state index is 0.126. The van der Waals surface area contributed by atoms with Crippen molar-refractivity contribution in [2.45, 2.75) is 31.1 Å². The summed E-state index contributed by atoms with van der Waals surface area (Å²) in [5.41, 5.74) is 0.126. The van der Waals surface area contributed by atoms with E-state index in [9.17, 15) is 0 Å². The number of rotatable bonds is 2. The number of nitrogens with zero attached hydrogens (tertiary/aromatic N) is 1. The summed E-state index contributed by atoms with van der Waals surface area (Å²) < 4.78 is 2.21. The molecule has 1 aromatic heterocycles. The third-order valence-electron chi connectivity index (χ3n) is 2.35. The van der Waals surface area contributed by atoms with Gasteiger partial charge in [-0.2, -0.15) is 4.57 Å². The first-order valence-electron chi connectivity index (χ1n) is 4.16. The molecule has 0 fully saturated rings. The van der Waals surface area contributed by atoms with E-state index in [-0.39, 0.29) is 5.54 Å². The molecule has 0 saturated carbocycles. The van der Waals surface area contributed by atoms with Crippen molar-refractivity contribution < 1.29 is 4.57 Å². The maximum atomic E-state index is 3.61. The molecule has 0 aromatic carbocycles. The molecule has 1 rings (SSSR count). The molecule has 1 heterocycles. The van der Waals surface area contributed by atoms with Crippen LogP contribution in [-0.4, -0.2) is 4.83 Å². The lowest BCUT2D eigenvalue weighted by Crippen LogP contribution is -2.56. The molecule has 0 unspecified atom stereocenters. The van der Waals surface area contributed by atoms with Crippen molar-refractivity contribution in [3.63, 3.8) is 0 Å².